The van der Waals surface area contributed by atoms with Crippen LogP contribution in [0.5, 0.6) is 0 Å². The van der Waals surface area contributed by atoms with Gasteiger partial charge in [0.1, 0.15) is 11.4 Å². The number of allylic oxidation sites excluding steroid dienone is 2. The molecular formula is C23H34N4O3. The Morgan fingerprint density at radius 3 is 1.93 bits per heavy atom. The minimum absolute atomic E-state index is 0.161. The normalized spacial score (nSPS) is 13.9. The summed E-state index contributed by atoms with van der Waals surface area (Å²) in [5, 5.41) is 0. The van der Waals surface area contributed by atoms with Gasteiger partial charge in [-0.25, -0.2) is 0 Å². The van der Waals surface area contributed by atoms with E-state index in [1.54, 1.807) is 43.3 Å². The number of hydrogen-bond donors (Lipinski definition) is 0. The van der Waals surface area contributed by atoms with Crippen LogP contribution >= 0.6 is 0 Å². The Balaban J connectivity index is 2.42. The number of fused-ring (bicyclic) bond motifs is 1. The molecule has 7 heteroatoms. The topological polar surface area (TPSA) is 64.2 Å². The van der Waals surface area contributed by atoms with Crippen LogP contribution in [-0.2, 0) is 4.79 Å². The van der Waals surface area contributed by atoms with E-state index in [4.69, 9.17) is 0 Å². The van der Waals surface area contributed by atoms with E-state index in [1.807, 2.05) is 30.9 Å². The Hall–Kier alpha value is -2.51. The molecule has 0 heterocycles. The number of carbonyl (C=O) groups is 3. The van der Waals surface area contributed by atoms with Gasteiger partial charge in [0.25, 0.3) is 0 Å². The highest BCUT2D eigenvalue weighted by Gasteiger charge is 2.37. The number of unbranched alkanes of at least 4 members (excludes halogenated alkanes) is 1. The molecule has 0 saturated carbocycles. The van der Waals surface area contributed by atoms with E-state index in [0.717, 1.165) is 19.4 Å². The van der Waals surface area contributed by atoms with E-state index in [2.05, 4.69) is 6.92 Å². The third-order valence-electron chi connectivity index (χ3n) is 5.34. The van der Waals surface area contributed by atoms with Gasteiger partial charge in [-0.15, -0.1) is 0 Å². The first-order valence-electron chi connectivity index (χ1n) is 10.4. The lowest BCUT2D eigenvalue weighted by atomic mass is 9.89. The summed E-state index contributed by atoms with van der Waals surface area (Å²) in [6.07, 6.45) is 2.05. The predicted octanol–water partition coefficient (Wildman–Crippen LogP) is 1.96. The predicted molar refractivity (Wildman–Crippen MR) is 118 cm³/mol. The van der Waals surface area contributed by atoms with Crippen LogP contribution in [0, 0.1) is 0 Å². The molecule has 0 saturated heterocycles. The van der Waals surface area contributed by atoms with Gasteiger partial charge in [-0.2, -0.15) is 0 Å². The van der Waals surface area contributed by atoms with Crippen molar-refractivity contribution in [2.24, 2.45) is 0 Å². The molecule has 0 fully saturated rings. The van der Waals surface area contributed by atoms with Gasteiger partial charge >= 0.3 is 0 Å². The summed E-state index contributed by atoms with van der Waals surface area (Å²) in [5.41, 5.74) is 1.18. The van der Waals surface area contributed by atoms with Crippen LogP contribution in [0.15, 0.2) is 35.7 Å². The van der Waals surface area contributed by atoms with E-state index in [1.165, 1.54) is 4.90 Å². The number of hydrogen-bond acceptors (Lipinski definition) is 6. The average Bonchev–Trinajstić information content (AvgIpc) is 2.72. The zero-order valence-corrected chi connectivity index (χ0v) is 19.1. The van der Waals surface area contributed by atoms with Gasteiger partial charge in [0.2, 0.25) is 17.5 Å². The van der Waals surface area contributed by atoms with E-state index in [9.17, 15) is 14.4 Å². The molecule has 0 atom stereocenters. The van der Waals surface area contributed by atoms with E-state index in [-0.39, 0.29) is 35.4 Å². The number of likely N-dealkylation sites (N-methyl/N-ethyl adjacent to an activating group) is 4. The van der Waals surface area contributed by atoms with Gasteiger partial charge < -0.3 is 14.7 Å². The van der Waals surface area contributed by atoms with Crippen molar-refractivity contribution < 1.29 is 14.4 Å². The molecule has 1 aliphatic rings. The van der Waals surface area contributed by atoms with Crippen molar-refractivity contribution in [3.63, 3.8) is 0 Å². The fraction of sp³-hybridized carbons (Fsp3) is 0.522. The molecule has 0 radical (unpaired) electrons. The van der Waals surface area contributed by atoms with Gasteiger partial charge in [-0.3, -0.25) is 19.3 Å². The summed E-state index contributed by atoms with van der Waals surface area (Å²) in [6.45, 7) is 4.38. The quantitative estimate of drug-likeness (QED) is 0.583. The average molecular weight is 415 g/mol. The maximum absolute atomic E-state index is 13.4. The number of carbonyl (C=O) groups excluding carboxylic acids is 3. The monoisotopic (exact) mass is 414 g/mol. The van der Waals surface area contributed by atoms with Gasteiger partial charge in [-0.05, 0) is 34.1 Å². The molecule has 1 amide bonds. The second-order valence-electron chi connectivity index (χ2n) is 8.17. The number of amides is 1. The molecule has 1 aliphatic carbocycles. The van der Waals surface area contributed by atoms with Gasteiger partial charge in [-0.1, -0.05) is 37.6 Å². The van der Waals surface area contributed by atoms with Crippen LogP contribution in [0.2, 0.25) is 0 Å². The number of benzene rings is 1. The Kier molecular flexibility index (Phi) is 8.32. The highest BCUT2D eigenvalue weighted by atomic mass is 16.2. The molecule has 164 valence electrons. The first-order chi connectivity index (χ1) is 14.2. The number of rotatable bonds is 10. The first-order valence-corrected chi connectivity index (χ1v) is 10.4. The maximum atomic E-state index is 13.4. The smallest absolute Gasteiger partial charge is 0.241 e. The fourth-order valence-electron chi connectivity index (χ4n) is 3.45. The van der Waals surface area contributed by atoms with Crippen molar-refractivity contribution >= 4 is 17.5 Å². The molecule has 0 unspecified atom stereocenters. The van der Waals surface area contributed by atoms with Crippen LogP contribution < -0.4 is 0 Å². The first kappa shape index (κ1) is 23.8. The molecule has 30 heavy (non-hydrogen) atoms. The number of Topliss-reactive ketones (excluding diaryl/α,β-unsaturated/α-hetero) is 2. The van der Waals surface area contributed by atoms with E-state index < -0.39 is 0 Å². The molecule has 7 nitrogen and oxygen atoms in total. The Morgan fingerprint density at radius 2 is 1.40 bits per heavy atom. The van der Waals surface area contributed by atoms with Crippen molar-refractivity contribution in [3.05, 3.63) is 46.8 Å². The van der Waals surface area contributed by atoms with Gasteiger partial charge in [0.15, 0.2) is 0 Å². The van der Waals surface area contributed by atoms with Crippen LogP contribution in [0.25, 0.3) is 0 Å². The summed E-state index contributed by atoms with van der Waals surface area (Å²) in [5.74, 6) is -0.716. The standard InChI is InChI=1S/C23H34N4O3/c1-7-8-13-25(4)16-19(28)27(6)21-20(26(5)15-14-24(2)3)22(29)17-11-9-10-12-18(17)23(21)30/h9-12H,7-8,13-16H2,1-6H3. The SMILES string of the molecule is CCCCN(C)CC(=O)N(C)C1=C(N(C)CCN(C)C)C(=O)c2ccccc2C1=O. The molecule has 1 aromatic rings. The molecule has 0 N–H and O–H groups in total. The highest BCUT2D eigenvalue weighted by Crippen LogP contribution is 2.29. The van der Waals surface area contributed by atoms with Gasteiger partial charge in [0, 0.05) is 38.3 Å². The van der Waals surface area contributed by atoms with Crippen molar-refractivity contribution in [1.82, 2.24) is 19.6 Å². The minimum atomic E-state index is -0.288. The summed E-state index contributed by atoms with van der Waals surface area (Å²) in [7, 11) is 9.18. The lowest BCUT2D eigenvalue weighted by molar-refractivity contribution is -0.129. The van der Waals surface area contributed by atoms with Crippen LogP contribution in [0.4, 0.5) is 0 Å². The fourth-order valence-corrected chi connectivity index (χ4v) is 3.45. The van der Waals surface area contributed by atoms with E-state index in [0.29, 0.717) is 24.2 Å². The van der Waals surface area contributed by atoms with Crippen molar-refractivity contribution in [2.75, 3.05) is 61.4 Å². The minimum Gasteiger partial charge on any atom is -0.368 e. The van der Waals surface area contributed by atoms with Crippen molar-refractivity contribution in [2.45, 2.75) is 19.8 Å². The zero-order chi connectivity index (χ0) is 22.4. The maximum Gasteiger partial charge on any atom is 0.241 e. The molecule has 0 aromatic heterocycles. The third-order valence-corrected chi connectivity index (χ3v) is 5.34. The van der Waals surface area contributed by atoms with Crippen molar-refractivity contribution in [3.8, 4) is 0 Å². The van der Waals surface area contributed by atoms with E-state index >= 15 is 0 Å². The zero-order valence-electron chi connectivity index (χ0n) is 19.1. The Bertz CT molecular complexity index is 831. The molecular weight excluding hydrogens is 380 g/mol. The Morgan fingerprint density at radius 1 is 0.833 bits per heavy atom. The molecule has 2 rings (SSSR count). The van der Waals surface area contributed by atoms with Crippen molar-refractivity contribution in [1.29, 1.82) is 0 Å². The molecule has 1 aromatic carbocycles. The summed E-state index contributed by atoms with van der Waals surface area (Å²) >= 11 is 0. The summed E-state index contributed by atoms with van der Waals surface area (Å²) < 4.78 is 0. The highest BCUT2D eigenvalue weighted by molar-refractivity contribution is 6.27. The summed E-state index contributed by atoms with van der Waals surface area (Å²) in [4.78, 5) is 46.8. The van der Waals surface area contributed by atoms with Gasteiger partial charge in [0.05, 0.1) is 6.54 Å². The summed E-state index contributed by atoms with van der Waals surface area (Å²) in [6, 6.07) is 6.82. The molecule has 0 bridgehead atoms. The number of nitrogens with zero attached hydrogens (tertiary/aromatic N) is 4. The lowest BCUT2D eigenvalue weighted by Crippen LogP contribution is -2.44. The van der Waals surface area contributed by atoms with Crippen LogP contribution in [0.1, 0.15) is 40.5 Å². The second-order valence-corrected chi connectivity index (χ2v) is 8.17. The largest absolute Gasteiger partial charge is 0.368 e. The molecule has 0 spiro atoms. The third kappa shape index (κ3) is 5.34. The number of ketones is 2. The Labute approximate surface area is 179 Å². The lowest BCUT2D eigenvalue weighted by Gasteiger charge is -2.33. The molecule has 0 aliphatic heterocycles. The van der Waals surface area contributed by atoms with Crippen LogP contribution in [-0.4, -0.2) is 98.5 Å². The second kappa shape index (κ2) is 10.5. The van der Waals surface area contributed by atoms with Crippen LogP contribution in [0.3, 0.4) is 0 Å².